The van der Waals surface area contributed by atoms with Gasteiger partial charge >= 0.3 is 6.03 Å². The molecule has 0 radical (unpaired) electrons. The minimum absolute atomic E-state index is 0.0850. The van der Waals surface area contributed by atoms with Crippen LogP contribution >= 0.6 is 11.3 Å². The smallest absolute Gasteiger partial charge is 0.316 e. The molecule has 1 N–H and O–H groups in total. The van der Waals surface area contributed by atoms with Gasteiger partial charge in [-0.25, -0.2) is 9.78 Å². The Hall–Kier alpha value is -2.08. The molecule has 0 unspecified atom stereocenters. The normalized spacial score (nSPS) is 10.2. The van der Waals surface area contributed by atoms with Gasteiger partial charge in [0.2, 0.25) is 0 Å². The number of carbonyl (C=O) groups is 1. The second-order valence-electron chi connectivity index (χ2n) is 4.75. The molecule has 0 atom stereocenters. The predicted molar refractivity (Wildman–Crippen MR) is 84.9 cm³/mol. The number of thiazole rings is 1. The maximum Gasteiger partial charge on any atom is 0.316 e. The van der Waals surface area contributed by atoms with Crippen LogP contribution in [0.25, 0.3) is 10.6 Å². The number of nitrogens with zero attached hydrogens (tertiary/aromatic N) is 2. The number of urea groups is 1. The monoisotopic (exact) mass is 305 g/mol. The van der Waals surface area contributed by atoms with E-state index >= 15 is 0 Å². The van der Waals surface area contributed by atoms with Gasteiger partial charge < -0.3 is 15.0 Å². The Balaban J connectivity index is 1.96. The summed E-state index contributed by atoms with van der Waals surface area (Å²) in [6, 6.07) is 7.76. The van der Waals surface area contributed by atoms with Gasteiger partial charge in [-0.15, -0.1) is 11.3 Å². The lowest BCUT2D eigenvalue weighted by atomic mass is 10.2. The summed E-state index contributed by atoms with van der Waals surface area (Å²) in [4.78, 5) is 17.5. The van der Waals surface area contributed by atoms with Crippen LogP contribution in [0.2, 0.25) is 0 Å². The number of ether oxygens (including phenoxy) is 1. The summed E-state index contributed by atoms with van der Waals surface area (Å²) in [5, 5.41) is 5.81. The van der Waals surface area contributed by atoms with Crippen LogP contribution in [0.1, 0.15) is 5.69 Å². The maximum absolute atomic E-state index is 11.4. The second-order valence-corrected chi connectivity index (χ2v) is 5.61. The highest BCUT2D eigenvalue weighted by molar-refractivity contribution is 7.13. The van der Waals surface area contributed by atoms with Gasteiger partial charge in [-0.05, 0) is 12.1 Å². The van der Waals surface area contributed by atoms with Crippen LogP contribution in [0.5, 0.6) is 5.75 Å². The minimum Gasteiger partial charge on any atom is -0.497 e. The third kappa shape index (κ3) is 4.19. The van der Waals surface area contributed by atoms with E-state index in [1.807, 2.05) is 29.6 Å². The Bertz CT molecular complexity index is 610. The van der Waals surface area contributed by atoms with Gasteiger partial charge in [-0.1, -0.05) is 12.1 Å². The molecule has 0 saturated carbocycles. The first kappa shape index (κ1) is 15.3. The van der Waals surface area contributed by atoms with E-state index in [0.717, 1.165) is 28.4 Å². The van der Waals surface area contributed by atoms with Crippen LogP contribution in [0, 0.1) is 0 Å². The average molecular weight is 305 g/mol. The van der Waals surface area contributed by atoms with E-state index in [4.69, 9.17) is 4.74 Å². The zero-order valence-electron chi connectivity index (χ0n) is 12.4. The standard InChI is InChI=1S/C15H19N3O2S/c1-18(2)15(19)16-8-7-12-10-21-14(17-12)11-5-4-6-13(9-11)20-3/h4-6,9-10H,7-8H2,1-3H3,(H,16,19). The number of benzene rings is 1. The minimum atomic E-state index is -0.0850. The Morgan fingerprint density at radius 1 is 1.43 bits per heavy atom. The molecule has 6 heteroatoms. The lowest BCUT2D eigenvalue weighted by molar-refractivity contribution is 0.217. The number of carbonyl (C=O) groups excluding carboxylic acids is 1. The first-order valence-corrected chi connectivity index (χ1v) is 7.52. The molecule has 2 amide bonds. The Kier molecular flexibility index (Phi) is 5.16. The Morgan fingerprint density at radius 2 is 2.24 bits per heavy atom. The van der Waals surface area contributed by atoms with Crippen molar-refractivity contribution in [2.24, 2.45) is 0 Å². The quantitative estimate of drug-likeness (QED) is 0.924. The van der Waals surface area contributed by atoms with Crippen molar-refractivity contribution < 1.29 is 9.53 Å². The van der Waals surface area contributed by atoms with Gasteiger partial charge in [-0.3, -0.25) is 0 Å². The molecular formula is C15H19N3O2S. The van der Waals surface area contributed by atoms with Crippen molar-refractivity contribution in [1.82, 2.24) is 15.2 Å². The van der Waals surface area contributed by atoms with Crippen molar-refractivity contribution in [3.8, 4) is 16.3 Å². The van der Waals surface area contributed by atoms with Gasteiger partial charge in [0.1, 0.15) is 10.8 Å². The predicted octanol–water partition coefficient (Wildman–Crippen LogP) is 2.63. The number of rotatable bonds is 5. The largest absolute Gasteiger partial charge is 0.497 e. The van der Waals surface area contributed by atoms with E-state index in [0.29, 0.717) is 6.54 Å². The molecule has 0 fully saturated rings. The highest BCUT2D eigenvalue weighted by Crippen LogP contribution is 2.26. The summed E-state index contributed by atoms with van der Waals surface area (Å²) in [5.74, 6) is 0.822. The number of aromatic nitrogens is 1. The van der Waals surface area contributed by atoms with Crippen molar-refractivity contribution in [2.45, 2.75) is 6.42 Å². The van der Waals surface area contributed by atoms with Crippen molar-refractivity contribution >= 4 is 17.4 Å². The molecule has 5 nitrogen and oxygen atoms in total. The zero-order chi connectivity index (χ0) is 15.2. The summed E-state index contributed by atoms with van der Waals surface area (Å²) in [5.41, 5.74) is 2.03. The topological polar surface area (TPSA) is 54.5 Å². The first-order chi connectivity index (χ1) is 10.1. The lowest BCUT2D eigenvalue weighted by Gasteiger charge is -2.10. The van der Waals surface area contributed by atoms with E-state index in [1.165, 1.54) is 4.90 Å². The van der Waals surface area contributed by atoms with Crippen LogP contribution in [0.15, 0.2) is 29.6 Å². The first-order valence-electron chi connectivity index (χ1n) is 6.64. The molecule has 0 aliphatic rings. The molecule has 1 aromatic heterocycles. The van der Waals surface area contributed by atoms with E-state index in [-0.39, 0.29) is 6.03 Å². The highest BCUT2D eigenvalue weighted by Gasteiger charge is 2.07. The lowest BCUT2D eigenvalue weighted by Crippen LogP contribution is -2.35. The third-order valence-corrected chi connectivity index (χ3v) is 3.87. The maximum atomic E-state index is 11.4. The fraction of sp³-hybridized carbons (Fsp3) is 0.333. The molecule has 112 valence electrons. The van der Waals surface area contributed by atoms with Crippen molar-refractivity contribution in [2.75, 3.05) is 27.7 Å². The van der Waals surface area contributed by atoms with E-state index < -0.39 is 0 Å². The fourth-order valence-corrected chi connectivity index (χ4v) is 2.62. The summed E-state index contributed by atoms with van der Waals surface area (Å²) in [6.45, 7) is 0.582. The van der Waals surface area contributed by atoms with Gasteiger partial charge in [0.15, 0.2) is 0 Å². The SMILES string of the molecule is COc1cccc(-c2nc(CCNC(=O)N(C)C)cs2)c1. The molecular weight excluding hydrogens is 286 g/mol. The molecule has 1 heterocycles. The fourth-order valence-electron chi connectivity index (χ4n) is 1.77. The van der Waals surface area contributed by atoms with Crippen LogP contribution in [0.3, 0.4) is 0 Å². The Labute approximate surface area is 128 Å². The molecule has 1 aromatic carbocycles. The number of nitrogens with one attached hydrogen (secondary N) is 1. The van der Waals surface area contributed by atoms with Crippen molar-refractivity contribution in [3.63, 3.8) is 0 Å². The van der Waals surface area contributed by atoms with Crippen LogP contribution in [-0.2, 0) is 6.42 Å². The molecule has 0 bridgehead atoms. The van der Waals surface area contributed by atoms with E-state index in [2.05, 4.69) is 10.3 Å². The number of hydrogen-bond donors (Lipinski definition) is 1. The Morgan fingerprint density at radius 3 is 2.95 bits per heavy atom. The molecule has 2 rings (SSSR count). The van der Waals surface area contributed by atoms with Crippen LogP contribution in [0.4, 0.5) is 4.79 Å². The van der Waals surface area contributed by atoms with Gasteiger partial charge in [0.05, 0.1) is 12.8 Å². The third-order valence-electron chi connectivity index (χ3n) is 2.93. The number of methoxy groups -OCH3 is 1. The van der Waals surface area contributed by atoms with Crippen molar-refractivity contribution in [1.29, 1.82) is 0 Å². The summed E-state index contributed by atoms with van der Waals surface area (Å²) in [6.07, 6.45) is 0.722. The molecule has 0 aliphatic carbocycles. The van der Waals surface area contributed by atoms with E-state index in [1.54, 1.807) is 32.5 Å². The molecule has 2 aromatic rings. The van der Waals surface area contributed by atoms with Gasteiger partial charge in [-0.2, -0.15) is 0 Å². The number of hydrogen-bond acceptors (Lipinski definition) is 4. The molecule has 0 spiro atoms. The van der Waals surface area contributed by atoms with Gasteiger partial charge in [0, 0.05) is 38.0 Å². The van der Waals surface area contributed by atoms with E-state index in [9.17, 15) is 4.79 Å². The van der Waals surface area contributed by atoms with Crippen LogP contribution < -0.4 is 10.1 Å². The summed E-state index contributed by atoms with van der Waals surface area (Å²) >= 11 is 1.60. The molecule has 0 aliphatic heterocycles. The van der Waals surface area contributed by atoms with Crippen molar-refractivity contribution in [3.05, 3.63) is 35.3 Å². The van der Waals surface area contributed by atoms with Crippen LogP contribution in [-0.4, -0.2) is 43.7 Å². The second kappa shape index (κ2) is 7.08. The summed E-state index contributed by atoms with van der Waals surface area (Å²) < 4.78 is 5.22. The number of amides is 2. The highest BCUT2D eigenvalue weighted by atomic mass is 32.1. The molecule has 21 heavy (non-hydrogen) atoms. The average Bonchev–Trinajstić information content (AvgIpc) is 2.96. The summed E-state index contributed by atoms with van der Waals surface area (Å²) in [7, 11) is 5.10. The zero-order valence-corrected chi connectivity index (χ0v) is 13.2. The van der Waals surface area contributed by atoms with Gasteiger partial charge in [0.25, 0.3) is 0 Å². The molecule has 0 saturated heterocycles.